The molecule has 0 unspecified atom stereocenters. The Bertz CT molecular complexity index is 648. The number of aryl methyl sites for hydroxylation is 1. The molecule has 0 N–H and O–H groups in total. The molecule has 5 heteroatoms. The van der Waals surface area contributed by atoms with Crippen molar-refractivity contribution >= 4 is 23.1 Å². The van der Waals surface area contributed by atoms with Crippen LogP contribution in [0.15, 0.2) is 35.7 Å². The number of thiophene rings is 1. The van der Waals surface area contributed by atoms with Gasteiger partial charge in [-0.2, -0.15) is 0 Å². The Morgan fingerprint density at radius 2 is 2.09 bits per heavy atom. The van der Waals surface area contributed by atoms with E-state index in [1.54, 1.807) is 0 Å². The number of piperidine rings is 1. The van der Waals surface area contributed by atoms with E-state index in [0.717, 1.165) is 48.7 Å². The number of pyridine rings is 1. The summed E-state index contributed by atoms with van der Waals surface area (Å²) in [5.41, 5.74) is 1.03. The topological polar surface area (TPSA) is 36.4 Å². The lowest BCUT2D eigenvalue weighted by Gasteiger charge is -2.36. The first-order valence-corrected chi connectivity index (χ1v) is 9.08. The lowest BCUT2D eigenvalue weighted by molar-refractivity contribution is 0.0966. The van der Waals surface area contributed by atoms with Crippen molar-refractivity contribution in [1.82, 2.24) is 9.88 Å². The van der Waals surface area contributed by atoms with Crippen molar-refractivity contribution in [3.63, 3.8) is 0 Å². The fourth-order valence-corrected chi connectivity index (χ4v) is 3.69. The van der Waals surface area contributed by atoms with Crippen molar-refractivity contribution < 1.29 is 4.79 Å². The van der Waals surface area contributed by atoms with Gasteiger partial charge in [0, 0.05) is 11.7 Å². The van der Waals surface area contributed by atoms with Crippen molar-refractivity contribution in [2.45, 2.75) is 32.2 Å². The number of aromatic nitrogens is 1. The quantitative estimate of drug-likeness (QED) is 0.862. The molecule has 0 radical (unpaired) electrons. The molecule has 23 heavy (non-hydrogen) atoms. The Morgan fingerprint density at radius 1 is 1.30 bits per heavy atom. The number of anilines is 1. The molecule has 1 amide bonds. The highest BCUT2D eigenvalue weighted by molar-refractivity contribution is 7.12. The molecule has 2 aromatic rings. The van der Waals surface area contributed by atoms with Gasteiger partial charge in [-0.25, -0.2) is 4.98 Å². The third kappa shape index (κ3) is 3.62. The number of likely N-dealkylation sites (tertiary alicyclic amines) is 1. The summed E-state index contributed by atoms with van der Waals surface area (Å²) in [6.45, 7) is 4.13. The van der Waals surface area contributed by atoms with Gasteiger partial charge >= 0.3 is 0 Å². The summed E-state index contributed by atoms with van der Waals surface area (Å²) in [5.74, 6) is 0.868. The highest BCUT2D eigenvalue weighted by Crippen LogP contribution is 2.25. The van der Waals surface area contributed by atoms with Crippen LogP contribution in [0.5, 0.6) is 0 Å². The van der Waals surface area contributed by atoms with Crippen molar-refractivity contribution in [2.75, 3.05) is 25.0 Å². The highest BCUT2D eigenvalue weighted by Gasteiger charge is 2.30. The first-order chi connectivity index (χ1) is 11.2. The predicted octanol–water partition coefficient (Wildman–Crippen LogP) is 3.45. The minimum atomic E-state index is 0.0790. The van der Waals surface area contributed by atoms with Crippen LogP contribution in [0.1, 0.15) is 35.1 Å². The summed E-state index contributed by atoms with van der Waals surface area (Å²) >= 11 is 1.50. The maximum atomic E-state index is 13.1. The fourth-order valence-electron chi connectivity index (χ4n) is 3.03. The summed E-state index contributed by atoms with van der Waals surface area (Å²) in [7, 11) is 2.14. The highest BCUT2D eigenvalue weighted by atomic mass is 32.1. The summed E-state index contributed by atoms with van der Waals surface area (Å²) in [4.78, 5) is 22.8. The lowest BCUT2D eigenvalue weighted by atomic mass is 10.0. The van der Waals surface area contributed by atoms with E-state index < -0.39 is 0 Å². The Kier molecular flexibility index (Phi) is 5.08. The molecule has 0 atom stereocenters. The average molecular weight is 329 g/mol. The van der Waals surface area contributed by atoms with E-state index in [9.17, 15) is 4.79 Å². The molecule has 122 valence electrons. The van der Waals surface area contributed by atoms with E-state index in [-0.39, 0.29) is 11.9 Å². The van der Waals surface area contributed by atoms with Crippen LogP contribution in [0.3, 0.4) is 0 Å². The minimum Gasteiger partial charge on any atom is -0.306 e. The van der Waals surface area contributed by atoms with Crippen LogP contribution >= 0.6 is 11.3 Å². The Hall–Kier alpha value is -1.72. The molecule has 0 aliphatic carbocycles. The molecule has 1 fully saturated rings. The number of carbonyl (C=O) groups is 1. The van der Waals surface area contributed by atoms with E-state index >= 15 is 0 Å². The van der Waals surface area contributed by atoms with Crippen LogP contribution in [0.25, 0.3) is 0 Å². The van der Waals surface area contributed by atoms with Gasteiger partial charge < -0.3 is 4.90 Å². The van der Waals surface area contributed by atoms with Gasteiger partial charge in [-0.3, -0.25) is 9.69 Å². The van der Waals surface area contributed by atoms with Gasteiger partial charge in [0.05, 0.1) is 4.88 Å². The zero-order valence-electron chi connectivity index (χ0n) is 13.7. The van der Waals surface area contributed by atoms with Crippen LogP contribution in [0.4, 0.5) is 5.82 Å². The monoisotopic (exact) mass is 329 g/mol. The number of carbonyl (C=O) groups excluding carboxylic acids is 1. The SMILES string of the molecule is CCc1cccc(N(C(=O)c2cccs2)C2CCN(C)CC2)n1. The van der Waals surface area contributed by atoms with Gasteiger partial charge in [-0.05, 0) is 63.0 Å². The summed E-state index contributed by atoms with van der Waals surface area (Å²) < 4.78 is 0. The Balaban J connectivity index is 1.94. The minimum absolute atomic E-state index is 0.0790. The average Bonchev–Trinajstić information content (AvgIpc) is 3.11. The third-order valence-electron chi connectivity index (χ3n) is 4.41. The molecule has 0 saturated carbocycles. The second kappa shape index (κ2) is 7.23. The normalized spacial score (nSPS) is 16.4. The fraction of sp³-hybridized carbons (Fsp3) is 0.444. The standard InChI is InChI=1S/C18H23N3OS/c1-3-14-6-4-8-17(19-14)21(15-9-11-20(2)12-10-15)18(22)16-7-5-13-23-16/h4-8,13,15H,3,9-12H2,1-2H3. The molecular weight excluding hydrogens is 306 g/mol. The van der Waals surface area contributed by atoms with E-state index in [1.807, 2.05) is 40.6 Å². The van der Waals surface area contributed by atoms with E-state index in [1.165, 1.54) is 11.3 Å². The number of hydrogen-bond donors (Lipinski definition) is 0. The molecule has 3 heterocycles. The second-order valence-corrected chi connectivity index (χ2v) is 6.98. The van der Waals surface area contributed by atoms with Crippen molar-refractivity contribution in [2.24, 2.45) is 0 Å². The van der Waals surface area contributed by atoms with Crippen molar-refractivity contribution in [3.8, 4) is 0 Å². The second-order valence-electron chi connectivity index (χ2n) is 6.03. The molecule has 0 spiro atoms. The molecular formula is C18H23N3OS. The molecule has 1 saturated heterocycles. The van der Waals surface area contributed by atoms with Crippen LogP contribution in [0, 0.1) is 0 Å². The van der Waals surface area contributed by atoms with Gasteiger partial charge in [-0.15, -0.1) is 11.3 Å². The molecule has 3 rings (SSSR count). The molecule has 1 aliphatic heterocycles. The lowest BCUT2D eigenvalue weighted by Crippen LogP contribution is -2.47. The summed E-state index contributed by atoms with van der Waals surface area (Å²) in [5, 5.41) is 1.95. The zero-order valence-corrected chi connectivity index (χ0v) is 14.6. The zero-order chi connectivity index (χ0) is 16.2. The number of rotatable bonds is 4. The molecule has 0 aromatic carbocycles. The first-order valence-electron chi connectivity index (χ1n) is 8.20. The van der Waals surface area contributed by atoms with E-state index in [0.29, 0.717) is 0 Å². The van der Waals surface area contributed by atoms with Crippen LogP contribution in [-0.2, 0) is 6.42 Å². The molecule has 0 bridgehead atoms. The Morgan fingerprint density at radius 3 is 2.74 bits per heavy atom. The maximum absolute atomic E-state index is 13.1. The first kappa shape index (κ1) is 16.1. The molecule has 1 aliphatic rings. The Labute approximate surface area is 141 Å². The maximum Gasteiger partial charge on any atom is 0.269 e. The largest absolute Gasteiger partial charge is 0.306 e. The van der Waals surface area contributed by atoms with Gasteiger partial charge in [0.1, 0.15) is 5.82 Å². The van der Waals surface area contributed by atoms with Crippen LogP contribution < -0.4 is 4.90 Å². The van der Waals surface area contributed by atoms with Gasteiger partial charge in [-0.1, -0.05) is 19.1 Å². The van der Waals surface area contributed by atoms with Gasteiger partial charge in [0.15, 0.2) is 0 Å². The number of hydrogen-bond acceptors (Lipinski definition) is 4. The predicted molar refractivity (Wildman–Crippen MR) is 95.3 cm³/mol. The molecule has 2 aromatic heterocycles. The number of nitrogens with zero attached hydrogens (tertiary/aromatic N) is 3. The van der Waals surface area contributed by atoms with Gasteiger partial charge in [0.2, 0.25) is 0 Å². The van der Waals surface area contributed by atoms with E-state index in [2.05, 4.69) is 18.9 Å². The van der Waals surface area contributed by atoms with Crippen LogP contribution in [0.2, 0.25) is 0 Å². The van der Waals surface area contributed by atoms with Crippen molar-refractivity contribution in [1.29, 1.82) is 0 Å². The van der Waals surface area contributed by atoms with Crippen LogP contribution in [-0.4, -0.2) is 42.0 Å². The number of amides is 1. The smallest absolute Gasteiger partial charge is 0.269 e. The van der Waals surface area contributed by atoms with Gasteiger partial charge in [0.25, 0.3) is 5.91 Å². The van der Waals surface area contributed by atoms with Crippen molar-refractivity contribution in [3.05, 3.63) is 46.3 Å². The van der Waals surface area contributed by atoms with E-state index in [4.69, 9.17) is 4.98 Å². The molecule has 4 nitrogen and oxygen atoms in total. The summed E-state index contributed by atoms with van der Waals surface area (Å²) in [6.07, 6.45) is 2.86. The third-order valence-corrected chi connectivity index (χ3v) is 5.26. The summed E-state index contributed by atoms with van der Waals surface area (Å²) in [6, 6.07) is 10.0.